The molecule has 0 amide bonds. The monoisotopic (exact) mass is 259 g/mol. The zero-order valence-corrected chi connectivity index (χ0v) is 9.60. The highest BCUT2D eigenvalue weighted by molar-refractivity contribution is 5.23. The lowest BCUT2D eigenvalue weighted by molar-refractivity contribution is -0.0783. The van der Waals surface area contributed by atoms with Crippen molar-refractivity contribution in [1.82, 2.24) is 9.55 Å². The summed E-state index contributed by atoms with van der Waals surface area (Å²) in [6.45, 7) is 1.37. The van der Waals surface area contributed by atoms with Crippen molar-refractivity contribution >= 4 is 5.82 Å². The van der Waals surface area contributed by atoms with Gasteiger partial charge in [-0.05, 0) is 13.0 Å². The van der Waals surface area contributed by atoms with Crippen molar-refractivity contribution in [3.05, 3.63) is 22.7 Å². The molecular formula is C10H14FN3O4. The summed E-state index contributed by atoms with van der Waals surface area (Å²) in [5.74, 6) is 0.0114. The van der Waals surface area contributed by atoms with E-state index in [2.05, 4.69) is 4.98 Å². The van der Waals surface area contributed by atoms with Gasteiger partial charge >= 0.3 is 5.69 Å². The van der Waals surface area contributed by atoms with E-state index >= 15 is 0 Å². The first-order valence-corrected chi connectivity index (χ1v) is 5.42. The second-order valence-electron chi connectivity index (χ2n) is 4.21. The minimum absolute atomic E-state index is 0.0114. The molecule has 1 aromatic heterocycles. The molecule has 1 unspecified atom stereocenters. The van der Waals surface area contributed by atoms with Gasteiger partial charge in [-0.2, -0.15) is 4.98 Å². The first-order valence-electron chi connectivity index (χ1n) is 5.42. The van der Waals surface area contributed by atoms with Gasteiger partial charge in [0.15, 0.2) is 12.4 Å². The number of halogens is 1. The van der Waals surface area contributed by atoms with Gasteiger partial charge in [0.05, 0.1) is 6.10 Å². The minimum atomic E-state index is -1.83. The number of aliphatic hydroxyl groups excluding tert-OH is 2. The quantitative estimate of drug-likeness (QED) is 0.615. The van der Waals surface area contributed by atoms with Crippen LogP contribution >= 0.6 is 0 Å². The number of aromatic nitrogens is 2. The third-order valence-corrected chi connectivity index (χ3v) is 2.83. The molecule has 0 spiro atoms. The molecule has 0 saturated carbocycles. The average Bonchev–Trinajstić information content (AvgIpc) is 2.57. The van der Waals surface area contributed by atoms with E-state index < -0.39 is 36.4 Å². The molecule has 1 aromatic rings. The van der Waals surface area contributed by atoms with Gasteiger partial charge in [-0.15, -0.1) is 0 Å². The molecule has 0 bridgehead atoms. The number of nitrogen functional groups attached to an aromatic ring is 1. The van der Waals surface area contributed by atoms with Gasteiger partial charge < -0.3 is 20.7 Å². The molecule has 1 fully saturated rings. The van der Waals surface area contributed by atoms with E-state index in [1.54, 1.807) is 0 Å². The second-order valence-corrected chi connectivity index (χ2v) is 4.21. The van der Waals surface area contributed by atoms with Gasteiger partial charge in [-0.1, -0.05) is 0 Å². The Bertz CT molecular complexity index is 492. The lowest BCUT2D eigenvalue weighted by Gasteiger charge is -2.17. The molecule has 2 heterocycles. The zero-order chi connectivity index (χ0) is 13.4. The van der Waals surface area contributed by atoms with Crippen LogP contribution in [0.15, 0.2) is 17.1 Å². The van der Waals surface area contributed by atoms with Crippen LogP contribution in [-0.2, 0) is 4.74 Å². The van der Waals surface area contributed by atoms with Crippen molar-refractivity contribution in [2.24, 2.45) is 0 Å². The molecule has 8 heteroatoms. The molecule has 0 aliphatic carbocycles. The fourth-order valence-electron chi connectivity index (χ4n) is 1.90. The van der Waals surface area contributed by atoms with Gasteiger partial charge in [0.2, 0.25) is 0 Å². The maximum Gasteiger partial charge on any atom is 0.351 e. The Morgan fingerprint density at radius 3 is 2.83 bits per heavy atom. The van der Waals surface area contributed by atoms with Gasteiger partial charge in [-0.25, -0.2) is 9.18 Å². The Kier molecular flexibility index (Phi) is 3.33. The Balaban J connectivity index is 2.32. The number of aliphatic hydroxyl groups is 2. The predicted octanol–water partition coefficient (Wildman–Crippen LogP) is -1.20. The number of ether oxygens (including phenoxy) is 1. The van der Waals surface area contributed by atoms with Crippen molar-refractivity contribution in [3.63, 3.8) is 0 Å². The van der Waals surface area contributed by atoms with Crippen LogP contribution in [0, 0.1) is 0 Å². The number of hydrogen-bond acceptors (Lipinski definition) is 6. The van der Waals surface area contributed by atoms with Crippen LogP contribution < -0.4 is 11.4 Å². The molecule has 5 atom stereocenters. The van der Waals surface area contributed by atoms with Crippen LogP contribution in [0.5, 0.6) is 0 Å². The number of rotatable bonds is 2. The second kappa shape index (κ2) is 4.63. The Labute approximate surface area is 102 Å². The summed E-state index contributed by atoms with van der Waals surface area (Å²) in [6, 6.07) is 1.32. The lowest BCUT2D eigenvalue weighted by Crippen LogP contribution is -2.36. The van der Waals surface area contributed by atoms with E-state index in [1.807, 2.05) is 0 Å². The summed E-state index contributed by atoms with van der Waals surface area (Å²) in [4.78, 5) is 15.0. The molecule has 4 N–H and O–H groups in total. The first-order chi connectivity index (χ1) is 8.41. The van der Waals surface area contributed by atoms with Crippen molar-refractivity contribution in [2.75, 3.05) is 5.73 Å². The third-order valence-electron chi connectivity index (χ3n) is 2.83. The Morgan fingerprint density at radius 2 is 2.33 bits per heavy atom. The van der Waals surface area contributed by atoms with E-state index in [9.17, 15) is 19.4 Å². The predicted molar refractivity (Wildman–Crippen MR) is 59.4 cm³/mol. The highest BCUT2D eigenvalue weighted by atomic mass is 19.1. The standard InChI is InChI=1S/C10H14FN3O4/c1-4(15)8-7(16)6(11)9(18-8)14-3-2-5(12)13-10(14)17/h2-4,6-9,15-16H,1H3,(H2,12,13,17)/t4-,6?,7+,8+,9+/m0/s1. The van der Waals surface area contributed by atoms with Crippen LogP contribution in [0.2, 0.25) is 0 Å². The summed E-state index contributed by atoms with van der Waals surface area (Å²) in [7, 11) is 0. The van der Waals surface area contributed by atoms with Crippen molar-refractivity contribution in [1.29, 1.82) is 0 Å². The Hall–Kier alpha value is -1.51. The maximum atomic E-state index is 13.9. The van der Waals surface area contributed by atoms with E-state index in [-0.39, 0.29) is 5.82 Å². The molecular weight excluding hydrogens is 245 g/mol. The smallest absolute Gasteiger partial charge is 0.351 e. The van der Waals surface area contributed by atoms with Gasteiger partial charge in [-0.3, -0.25) is 4.57 Å². The highest BCUT2D eigenvalue weighted by Gasteiger charge is 2.47. The first kappa shape index (κ1) is 12.9. The molecule has 2 rings (SSSR count). The lowest BCUT2D eigenvalue weighted by atomic mass is 10.1. The molecule has 0 radical (unpaired) electrons. The number of anilines is 1. The van der Waals surface area contributed by atoms with Gasteiger partial charge in [0.25, 0.3) is 0 Å². The topological polar surface area (TPSA) is 111 Å². The number of alkyl halides is 1. The van der Waals surface area contributed by atoms with Crippen molar-refractivity contribution < 1.29 is 19.3 Å². The van der Waals surface area contributed by atoms with E-state index in [4.69, 9.17) is 10.5 Å². The van der Waals surface area contributed by atoms with Crippen molar-refractivity contribution in [3.8, 4) is 0 Å². The summed E-state index contributed by atoms with van der Waals surface area (Å²) in [5, 5.41) is 18.9. The SMILES string of the molecule is C[C@H](O)[C@H]1O[C@@H](n2ccc(N)nc2=O)C(F)[C@H]1O. The van der Waals surface area contributed by atoms with E-state index in [0.717, 1.165) is 4.57 Å². The molecule has 1 aliphatic heterocycles. The van der Waals surface area contributed by atoms with Gasteiger partial charge in [0.1, 0.15) is 18.0 Å². The summed E-state index contributed by atoms with van der Waals surface area (Å²) in [6.07, 6.45) is -5.55. The summed E-state index contributed by atoms with van der Waals surface area (Å²) >= 11 is 0. The zero-order valence-electron chi connectivity index (χ0n) is 9.60. The average molecular weight is 259 g/mol. The molecule has 100 valence electrons. The van der Waals surface area contributed by atoms with Gasteiger partial charge in [0, 0.05) is 6.20 Å². The number of hydrogen-bond donors (Lipinski definition) is 3. The Morgan fingerprint density at radius 1 is 1.67 bits per heavy atom. The van der Waals surface area contributed by atoms with E-state index in [1.165, 1.54) is 19.2 Å². The summed E-state index contributed by atoms with van der Waals surface area (Å²) in [5.41, 5.74) is 4.54. The summed E-state index contributed by atoms with van der Waals surface area (Å²) < 4.78 is 19.9. The number of nitrogens with two attached hydrogens (primary N) is 1. The van der Waals surface area contributed by atoms with Crippen LogP contribution in [0.3, 0.4) is 0 Å². The van der Waals surface area contributed by atoms with Crippen LogP contribution in [0.4, 0.5) is 10.2 Å². The minimum Gasteiger partial charge on any atom is -0.391 e. The molecule has 1 saturated heterocycles. The molecule has 7 nitrogen and oxygen atoms in total. The maximum absolute atomic E-state index is 13.9. The molecule has 1 aliphatic rings. The van der Waals surface area contributed by atoms with E-state index in [0.29, 0.717) is 0 Å². The third kappa shape index (κ3) is 2.09. The van der Waals surface area contributed by atoms with Crippen LogP contribution in [-0.4, -0.2) is 44.2 Å². The fraction of sp³-hybridized carbons (Fsp3) is 0.600. The number of nitrogens with zero attached hydrogens (tertiary/aromatic N) is 2. The van der Waals surface area contributed by atoms with Crippen LogP contribution in [0.1, 0.15) is 13.2 Å². The normalized spacial score (nSPS) is 33.6. The van der Waals surface area contributed by atoms with Crippen LogP contribution in [0.25, 0.3) is 0 Å². The van der Waals surface area contributed by atoms with Crippen molar-refractivity contribution in [2.45, 2.75) is 37.6 Å². The fourth-order valence-corrected chi connectivity index (χ4v) is 1.90. The largest absolute Gasteiger partial charge is 0.391 e. The molecule has 0 aromatic carbocycles. The highest BCUT2D eigenvalue weighted by Crippen LogP contribution is 2.32. The molecule has 18 heavy (non-hydrogen) atoms.